The quantitative estimate of drug-likeness (QED) is 0.513. The molecule has 3 atom stereocenters. The molecule has 0 aliphatic carbocycles. The third-order valence-electron chi connectivity index (χ3n) is 2.95. The predicted octanol–water partition coefficient (Wildman–Crippen LogP) is 1.08. The number of nitrogens with zero attached hydrogens (tertiary/aromatic N) is 1. The van der Waals surface area contributed by atoms with Crippen LogP contribution in [0, 0.1) is 10.1 Å². The van der Waals surface area contributed by atoms with E-state index < -0.39 is 17.2 Å². The van der Waals surface area contributed by atoms with Crippen LogP contribution in [-0.4, -0.2) is 40.2 Å². The molecule has 0 aromatic heterocycles. The summed E-state index contributed by atoms with van der Waals surface area (Å²) in [6, 6.07) is -1.03. The lowest BCUT2D eigenvalue weighted by atomic mass is 10.1. The standard InChI is InChI=1S/C11H19N3O5S/c1-3-4-5-8(6-19-14(17)18)12-10(15)9-7(2)20-11(16)13-9/h7-9H,3-6H2,1-2H3,(H,12,15)(H,13,16)/t7?,8-,9-/m0/s1. The normalized spacial score (nSPS) is 23.0. The number of thioether (sulfide) groups is 1. The summed E-state index contributed by atoms with van der Waals surface area (Å²) < 4.78 is 0. The average molecular weight is 305 g/mol. The number of hydrogen-bond acceptors (Lipinski definition) is 6. The molecule has 1 fully saturated rings. The maximum absolute atomic E-state index is 12.1. The van der Waals surface area contributed by atoms with Crippen molar-refractivity contribution >= 4 is 22.9 Å². The van der Waals surface area contributed by atoms with Crippen molar-refractivity contribution in [1.29, 1.82) is 0 Å². The summed E-state index contributed by atoms with van der Waals surface area (Å²) in [6.07, 6.45) is 2.34. The van der Waals surface area contributed by atoms with Crippen molar-refractivity contribution in [3.05, 3.63) is 10.1 Å². The van der Waals surface area contributed by atoms with Crippen molar-refractivity contribution in [1.82, 2.24) is 10.6 Å². The average Bonchev–Trinajstić information content (AvgIpc) is 2.71. The second-order valence-corrected chi connectivity index (χ2v) is 5.95. The van der Waals surface area contributed by atoms with Crippen molar-refractivity contribution in [3.63, 3.8) is 0 Å². The van der Waals surface area contributed by atoms with Crippen molar-refractivity contribution in [2.45, 2.75) is 50.4 Å². The number of hydrogen-bond donors (Lipinski definition) is 2. The Kier molecular flexibility index (Phi) is 6.56. The molecule has 2 amide bonds. The zero-order valence-electron chi connectivity index (χ0n) is 11.5. The van der Waals surface area contributed by atoms with Gasteiger partial charge in [0.05, 0.1) is 6.04 Å². The summed E-state index contributed by atoms with van der Waals surface area (Å²) in [5.41, 5.74) is 0. The van der Waals surface area contributed by atoms with Gasteiger partial charge in [0, 0.05) is 5.25 Å². The van der Waals surface area contributed by atoms with Crippen molar-refractivity contribution in [2.75, 3.05) is 6.61 Å². The van der Waals surface area contributed by atoms with Crippen LogP contribution in [0.15, 0.2) is 0 Å². The van der Waals surface area contributed by atoms with E-state index >= 15 is 0 Å². The molecule has 1 aliphatic heterocycles. The van der Waals surface area contributed by atoms with E-state index in [0.717, 1.165) is 24.6 Å². The van der Waals surface area contributed by atoms with Gasteiger partial charge in [0.15, 0.2) is 0 Å². The van der Waals surface area contributed by atoms with Crippen molar-refractivity contribution in [3.8, 4) is 0 Å². The Balaban J connectivity index is 2.51. The molecule has 1 saturated heterocycles. The third-order valence-corrected chi connectivity index (χ3v) is 3.93. The van der Waals surface area contributed by atoms with Gasteiger partial charge >= 0.3 is 0 Å². The van der Waals surface area contributed by atoms with E-state index in [9.17, 15) is 19.7 Å². The molecule has 1 rings (SSSR count). The van der Waals surface area contributed by atoms with Gasteiger partial charge < -0.3 is 15.5 Å². The minimum absolute atomic E-state index is 0.161. The molecule has 1 heterocycles. The second-order valence-electron chi connectivity index (χ2n) is 4.60. The first kappa shape index (κ1) is 16.5. The molecular weight excluding hydrogens is 286 g/mol. The monoisotopic (exact) mass is 305 g/mol. The van der Waals surface area contributed by atoms with Crippen LogP contribution in [0.1, 0.15) is 33.1 Å². The maximum Gasteiger partial charge on any atom is 0.294 e. The fraction of sp³-hybridized carbons (Fsp3) is 0.818. The van der Waals surface area contributed by atoms with Gasteiger partial charge in [-0.25, -0.2) is 0 Å². The molecule has 0 saturated carbocycles. The van der Waals surface area contributed by atoms with Crippen molar-refractivity contribution < 1.29 is 19.5 Å². The SMILES string of the molecule is CCCC[C@@H](CO[N+](=O)[O-])NC(=O)[C@H]1NC(=O)SC1C. The zero-order chi connectivity index (χ0) is 15.1. The summed E-state index contributed by atoms with van der Waals surface area (Å²) >= 11 is 1.07. The van der Waals surface area contributed by atoms with E-state index in [1.54, 1.807) is 6.92 Å². The Hall–Kier alpha value is -1.51. The van der Waals surface area contributed by atoms with E-state index in [2.05, 4.69) is 15.5 Å². The van der Waals surface area contributed by atoms with Gasteiger partial charge in [-0.1, -0.05) is 38.5 Å². The van der Waals surface area contributed by atoms with Gasteiger partial charge in [0.2, 0.25) is 5.91 Å². The molecule has 0 aromatic rings. The Bertz CT molecular complexity index is 379. The van der Waals surface area contributed by atoms with Crippen LogP contribution in [0.5, 0.6) is 0 Å². The fourth-order valence-corrected chi connectivity index (χ4v) is 2.74. The molecule has 2 N–H and O–H groups in total. The molecule has 1 aliphatic rings. The predicted molar refractivity (Wildman–Crippen MR) is 73.8 cm³/mol. The smallest absolute Gasteiger partial charge is 0.294 e. The van der Waals surface area contributed by atoms with Gasteiger partial charge in [0.25, 0.3) is 10.3 Å². The number of rotatable bonds is 8. The summed E-state index contributed by atoms with van der Waals surface area (Å²) in [5.74, 6) is -0.330. The van der Waals surface area contributed by atoms with Gasteiger partial charge in [-0.2, -0.15) is 0 Å². The van der Waals surface area contributed by atoms with E-state index in [0.29, 0.717) is 6.42 Å². The number of nitrogens with one attached hydrogen (secondary N) is 2. The molecular formula is C11H19N3O5S. The van der Waals surface area contributed by atoms with E-state index in [4.69, 9.17) is 0 Å². The lowest BCUT2D eigenvalue weighted by Gasteiger charge is -2.21. The highest BCUT2D eigenvalue weighted by Crippen LogP contribution is 2.22. The van der Waals surface area contributed by atoms with Crippen LogP contribution in [-0.2, 0) is 9.63 Å². The molecule has 114 valence electrons. The van der Waals surface area contributed by atoms with Gasteiger partial charge in [-0.05, 0) is 6.42 Å². The highest BCUT2D eigenvalue weighted by atomic mass is 32.2. The Labute approximate surface area is 121 Å². The van der Waals surface area contributed by atoms with Crippen LogP contribution >= 0.6 is 11.8 Å². The fourth-order valence-electron chi connectivity index (χ4n) is 1.88. The summed E-state index contributed by atoms with van der Waals surface area (Å²) in [4.78, 5) is 37.8. The van der Waals surface area contributed by atoms with Crippen LogP contribution in [0.2, 0.25) is 0 Å². The van der Waals surface area contributed by atoms with Gasteiger partial charge in [-0.3, -0.25) is 9.59 Å². The number of unbranched alkanes of at least 4 members (excludes halogenated alkanes) is 1. The molecule has 0 radical (unpaired) electrons. The molecule has 0 spiro atoms. The molecule has 0 aromatic carbocycles. The van der Waals surface area contributed by atoms with E-state index in [1.807, 2.05) is 6.92 Å². The second kappa shape index (κ2) is 7.93. The van der Waals surface area contributed by atoms with Gasteiger partial charge in [-0.15, -0.1) is 10.1 Å². The molecule has 1 unspecified atom stereocenters. The summed E-state index contributed by atoms with van der Waals surface area (Å²) in [7, 11) is 0. The Morgan fingerprint density at radius 3 is 2.85 bits per heavy atom. The van der Waals surface area contributed by atoms with E-state index in [1.165, 1.54) is 0 Å². The van der Waals surface area contributed by atoms with Crippen LogP contribution < -0.4 is 10.6 Å². The molecule has 0 bridgehead atoms. The Morgan fingerprint density at radius 1 is 1.65 bits per heavy atom. The largest absolute Gasteiger partial charge is 0.350 e. The number of carbonyl (C=O) groups is 2. The van der Waals surface area contributed by atoms with E-state index in [-0.39, 0.29) is 23.0 Å². The molecule has 8 nitrogen and oxygen atoms in total. The number of carbonyl (C=O) groups excluding carboxylic acids is 2. The first-order valence-electron chi connectivity index (χ1n) is 6.48. The minimum Gasteiger partial charge on any atom is -0.350 e. The minimum atomic E-state index is -0.874. The lowest BCUT2D eigenvalue weighted by Crippen LogP contribution is -2.50. The topological polar surface area (TPSA) is 111 Å². The Morgan fingerprint density at radius 2 is 2.35 bits per heavy atom. The van der Waals surface area contributed by atoms with Gasteiger partial charge in [0.1, 0.15) is 12.6 Å². The third kappa shape index (κ3) is 5.24. The summed E-state index contributed by atoms with van der Waals surface area (Å²) in [6.45, 7) is 3.59. The zero-order valence-corrected chi connectivity index (χ0v) is 12.3. The highest BCUT2D eigenvalue weighted by Gasteiger charge is 2.35. The highest BCUT2D eigenvalue weighted by molar-refractivity contribution is 8.14. The lowest BCUT2D eigenvalue weighted by molar-refractivity contribution is -0.758. The molecule has 20 heavy (non-hydrogen) atoms. The van der Waals surface area contributed by atoms with Crippen LogP contribution in [0.4, 0.5) is 4.79 Å². The first-order chi connectivity index (χ1) is 9.43. The first-order valence-corrected chi connectivity index (χ1v) is 7.36. The number of amides is 2. The van der Waals surface area contributed by atoms with Crippen molar-refractivity contribution in [2.24, 2.45) is 0 Å². The van der Waals surface area contributed by atoms with Crippen LogP contribution in [0.25, 0.3) is 0 Å². The summed E-state index contributed by atoms with van der Waals surface area (Å²) in [5, 5.41) is 14.2. The molecule has 9 heteroatoms. The maximum atomic E-state index is 12.1. The van der Waals surface area contributed by atoms with Crippen LogP contribution in [0.3, 0.4) is 0 Å².